The summed E-state index contributed by atoms with van der Waals surface area (Å²) < 4.78 is 5.31. The summed E-state index contributed by atoms with van der Waals surface area (Å²) in [6.07, 6.45) is 0.653. The van der Waals surface area contributed by atoms with Crippen LogP contribution in [0.15, 0.2) is 36.4 Å². The normalized spacial score (nSPS) is 10.1. The Morgan fingerprint density at radius 1 is 1.14 bits per heavy atom. The van der Waals surface area contributed by atoms with Crippen molar-refractivity contribution in [1.29, 1.82) is 0 Å². The van der Waals surface area contributed by atoms with E-state index in [-0.39, 0.29) is 22.3 Å². The van der Waals surface area contributed by atoms with Crippen LogP contribution in [0.25, 0.3) is 0 Å². The smallest absolute Gasteiger partial charge is 0.262 e. The molecule has 0 radical (unpaired) electrons. The number of anilines is 1. The predicted molar refractivity (Wildman–Crippen MR) is 87.4 cm³/mol. The summed E-state index contributed by atoms with van der Waals surface area (Å²) in [4.78, 5) is 22.8. The van der Waals surface area contributed by atoms with Gasteiger partial charge in [0, 0.05) is 5.02 Å². The molecular formula is C15H10Cl3NO3. The van der Waals surface area contributed by atoms with Crippen molar-refractivity contribution in [2.24, 2.45) is 0 Å². The van der Waals surface area contributed by atoms with E-state index in [9.17, 15) is 9.59 Å². The summed E-state index contributed by atoms with van der Waals surface area (Å²) in [5.41, 5.74) is 0.614. The van der Waals surface area contributed by atoms with Crippen LogP contribution in [0.3, 0.4) is 0 Å². The lowest BCUT2D eigenvalue weighted by atomic mass is 10.2. The molecule has 0 aliphatic carbocycles. The molecule has 1 amide bonds. The molecular weight excluding hydrogens is 349 g/mol. The Bertz CT molecular complexity index is 696. The van der Waals surface area contributed by atoms with Crippen LogP contribution >= 0.6 is 34.8 Å². The minimum Gasteiger partial charge on any atom is -0.483 e. The van der Waals surface area contributed by atoms with Crippen LogP contribution in [0.1, 0.15) is 10.4 Å². The number of hydrogen-bond acceptors (Lipinski definition) is 3. The first-order valence-corrected chi connectivity index (χ1v) is 7.26. The summed E-state index contributed by atoms with van der Waals surface area (Å²) in [7, 11) is 0. The minimum atomic E-state index is -0.466. The van der Waals surface area contributed by atoms with Gasteiger partial charge in [-0.15, -0.1) is 0 Å². The first kappa shape index (κ1) is 16.6. The second kappa shape index (κ2) is 7.49. The van der Waals surface area contributed by atoms with Gasteiger partial charge < -0.3 is 10.1 Å². The Labute approximate surface area is 141 Å². The number of carbonyl (C=O) groups excluding carboxylic acids is 2. The summed E-state index contributed by atoms with van der Waals surface area (Å²) in [6, 6.07) is 9.52. The molecule has 114 valence electrons. The number of aldehydes is 1. The molecule has 4 nitrogen and oxygen atoms in total. The highest BCUT2D eigenvalue weighted by atomic mass is 35.5. The molecule has 0 fully saturated rings. The fourth-order valence-electron chi connectivity index (χ4n) is 1.69. The van der Waals surface area contributed by atoms with Gasteiger partial charge in [-0.1, -0.05) is 46.9 Å². The van der Waals surface area contributed by atoms with Crippen LogP contribution in [-0.4, -0.2) is 18.8 Å². The quantitative estimate of drug-likeness (QED) is 0.802. The number of para-hydroxylation sites is 1. The van der Waals surface area contributed by atoms with Crippen LogP contribution in [0, 0.1) is 0 Å². The Morgan fingerprint density at radius 3 is 2.41 bits per heavy atom. The van der Waals surface area contributed by atoms with Crippen molar-refractivity contribution in [1.82, 2.24) is 0 Å². The van der Waals surface area contributed by atoms with Crippen LogP contribution in [0.2, 0.25) is 15.1 Å². The SMILES string of the molecule is O=Cc1ccccc1OCC(=O)Nc1c(Cl)cc(Cl)cc1Cl. The molecule has 0 unspecified atom stereocenters. The third kappa shape index (κ3) is 4.13. The maximum absolute atomic E-state index is 11.9. The molecule has 1 N–H and O–H groups in total. The van der Waals surface area contributed by atoms with E-state index in [4.69, 9.17) is 39.5 Å². The molecule has 0 saturated heterocycles. The van der Waals surface area contributed by atoms with Crippen molar-refractivity contribution >= 4 is 52.7 Å². The summed E-state index contributed by atoms with van der Waals surface area (Å²) in [5, 5.41) is 3.35. The lowest BCUT2D eigenvalue weighted by Crippen LogP contribution is -2.21. The molecule has 2 aromatic carbocycles. The monoisotopic (exact) mass is 357 g/mol. The number of nitrogens with one attached hydrogen (secondary N) is 1. The molecule has 0 bridgehead atoms. The van der Waals surface area contributed by atoms with E-state index in [2.05, 4.69) is 5.32 Å². The van der Waals surface area contributed by atoms with Gasteiger partial charge in [0.05, 0.1) is 21.3 Å². The topological polar surface area (TPSA) is 55.4 Å². The number of benzene rings is 2. The first-order chi connectivity index (χ1) is 10.5. The highest BCUT2D eigenvalue weighted by Gasteiger charge is 2.12. The number of halogens is 3. The average Bonchev–Trinajstić information content (AvgIpc) is 2.49. The van der Waals surface area contributed by atoms with E-state index in [1.54, 1.807) is 24.3 Å². The van der Waals surface area contributed by atoms with Gasteiger partial charge in [0.25, 0.3) is 5.91 Å². The Morgan fingerprint density at radius 2 is 1.77 bits per heavy atom. The highest BCUT2D eigenvalue weighted by molar-refractivity contribution is 6.42. The van der Waals surface area contributed by atoms with Gasteiger partial charge in [-0.25, -0.2) is 0 Å². The van der Waals surface area contributed by atoms with Crippen LogP contribution in [0.5, 0.6) is 5.75 Å². The molecule has 0 aromatic heterocycles. The van der Waals surface area contributed by atoms with E-state index >= 15 is 0 Å². The highest BCUT2D eigenvalue weighted by Crippen LogP contribution is 2.33. The third-order valence-electron chi connectivity index (χ3n) is 2.68. The van der Waals surface area contributed by atoms with Gasteiger partial charge in [-0.3, -0.25) is 9.59 Å². The van der Waals surface area contributed by atoms with Gasteiger partial charge in [0.1, 0.15) is 5.75 Å². The Hall–Kier alpha value is -1.75. The molecule has 0 atom stereocenters. The number of hydrogen-bond donors (Lipinski definition) is 1. The number of carbonyl (C=O) groups is 2. The van der Waals surface area contributed by atoms with Crippen molar-refractivity contribution < 1.29 is 14.3 Å². The van der Waals surface area contributed by atoms with Crippen molar-refractivity contribution in [2.75, 3.05) is 11.9 Å². The van der Waals surface area contributed by atoms with E-state index in [1.165, 1.54) is 12.1 Å². The van der Waals surface area contributed by atoms with Gasteiger partial charge in [0.15, 0.2) is 12.9 Å². The van der Waals surface area contributed by atoms with E-state index in [0.717, 1.165) is 0 Å². The fourth-order valence-corrected chi connectivity index (χ4v) is 2.60. The lowest BCUT2D eigenvalue weighted by Gasteiger charge is -2.11. The van der Waals surface area contributed by atoms with Crippen molar-refractivity contribution in [3.8, 4) is 5.75 Å². The molecule has 0 aliphatic heterocycles. The molecule has 0 heterocycles. The second-order valence-electron chi connectivity index (χ2n) is 4.24. The third-order valence-corrected chi connectivity index (χ3v) is 3.49. The second-order valence-corrected chi connectivity index (χ2v) is 5.49. The Kier molecular flexibility index (Phi) is 5.66. The number of ether oxygens (including phenoxy) is 1. The van der Waals surface area contributed by atoms with Crippen LogP contribution in [-0.2, 0) is 4.79 Å². The average molecular weight is 359 g/mol. The first-order valence-electron chi connectivity index (χ1n) is 6.12. The van der Waals surface area contributed by atoms with E-state index in [0.29, 0.717) is 22.6 Å². The lowest BCUT2D eigenvalue weighted by molar-refractivity contribution is -0.118. The maximum atomic E-state index is 11.9. The molecule has 0 saturated carbocycles. The van der Waals surface area contributed by atoms with Crippen LogP contribution in [0.4, 0.5) is 5.69 Å². The zero-order valence-electron chi connectivity index (χ0n) is 11.1. The summed E-state index contributed by atoms with van der Waals surface area (Å²) in [6.45, 7) is -0.292. The molecule has 7 heteroatoms. The summed E-state index contributed by atoms with van der Waals surface area (Å²) >= 11 is 17.7. The molecule has 22 heavy (non-hydrogen) atoms. The minimum absolute atomic E-state index is 0.221. The predicted octanol–water partition coefficient (Wildman–Crippen LogP) is 4.48. The van der Waals surface area contributed by atoms with Gasteiger partial charge >= 0.3 is 0 Å². The standard InChI is InChI=1S/C15H10Cl3NO3/c16-10-5-11(17)15(12(18)6-10)19-14(21)8-22-13-4-2-1-3-9(13)7-20/h1-7H,8H2,(H,19,21). The molecule has 0 aliphatic rings. The van der Waals surface area contributed by atoms with Gasteiger partial charge in [0.2, 0.25) is 0 Å². The van der Waals surface area contributed by atoms with Crippen LogP contribution < -0.4 is 10.1 Å². The largest absolute Gasteiger partial charge is 0.483 e. The maximum Gasteiger partial charge on any atom is 0.262 e. The van der Waals surface area contributed by atoms with Crippen molar-refractivity contribution in [2.45, 2.75) is 0 Å². The number of rotatable bonds is 5. The molecule has 2 aromatic rings. The fraction of sp³-hybridized carbons (Fsp3) is 0.0667. The van der Waals surface area contributed by atoms with Gasteiger partial charge in [-0.2, -0.15) is 0 Å². The van der Waals surface area contributed by atoms with E-state index < -0.39 is 5.91 Å². The molecule has 2 rings (SSSR count). The van der Waals surface area contributed by atoms with Gasteiger partial charge in [-0.05, 0) is 24.3 Å². The van der Waals surface area contributed by atoms with Crippen molar-refractivity contribution in [3.05, 3.63) is 57.0 Å². The van der Waals surface area contributed by atoms with E-state index in [1.807, 2.05) is 0 Å². The van der Waals surface area contributed by atoms with Crippen molar-refractivity contribution in [3.63, 3.8) is 0 Å². The Balaban J connectivity index is 2.04. The zero-order chi connectivity index (χ0) is 16.1. The zero-order valence-corrected chi connectivity index (χ0v) is 13.4. The number of amides is 1. The molecule has 0 spiro atoms. The summed E-state index contributed by atoms with van der Waals surface area (Å²) in [5.74, 6) is -0.146.